The van der Waals surface area contributed by atoms with Gasteiger partial charge in [0.05, 0.1) is 0 Å². The predicted octanol–water partition coefficient (Wildman–Crippen LogP) is 5.48. The van der Waals surface area contributed by atoms with E-state index in [2.05, 4.69) is 17.0 Å². The molecular formula is C22H31NO2S. The van der Waals surface area contributed by atoms with E-state index in [1.54, 1.807) is 0 Å². The molecule has 0 radical (unpaired) electrons. The second-order valence-corrected chi connectivity index (χ2v) is 8.74. The van der Waals surface area contributed by atoms with Gasteiger partial charge in [0.1, 0.15) is 5.78 Å². The van der Waals surface area contributed by atoms with Crippen LogP contribution in [0.15, 0.2) is 30.3 Å². The van der Waals surface area contributed by atoms with Gasteiger partial charge >= 0.3 is 0 Å². The standard InChI is InChI=1S/C22H31NO2S/c24-20(13-6-10-18-8-2-1-3-9-18)15-17-26-22(25)23-16-7-12-19-11-4-5-14-21(19)23/h1-3,8-9,19,21H,4-7,10-17H2. The van der Waals surface area contributed by atoms with Crippen molar-refractivity contribution >= 4 is 22.8 Å². The Bertz CT molecular complexity index is 587. The highest BCUT2D eigenvalue weighted by atomic mass is 32.2. The van der Waals surface area contributed by atoms with Crippen LogP contribution in [0.3, 0.4) is 0 Å². The summed E-state index contributed by atoms with van der Waals surface area (Å²) in [5, 5.41) is 0.207. The normalized spacial score (nSPS) is 22.7. The van der Waals surface area contributed by atoms with E-state index in [0.29, 0.717) is 24.6 Å². The fourth-order valence-electron chi connectivity index (χ4n) is 4.45. The van der Waals surface area contributed by atoms with Crippen molar-refractivity contribution in [2.45, 2.75) is 70.3 Å². The molecular weight excluding hydrogens is 342 g/mol. The quantitative estimate of drug-likeness (QED) is 0.635. The molecule has 142 valence electrons. The minimum Gasteiger partial charge on any atom is -0.330 e. The van der Waals surface area contributed by atoms with E-state index in [0.717, 1.165) is 31.7 Å². The lowest BCUT2D eigenvalue weighted by Crippen LogP contribution is -2.48. The Labute approximate surface area is 161 Å². The first-order valence-electron chi connectivity index (χ1n) is 10.2. The molecule has 26 heavy (non-hydrogen) atoms. The van der Waals surface area contributed by atoms with Crippen molar-refractivity contribution in [1.82, 2.24) is 4.90 Å². The maximum Gasteiger partial charge on any atom is 0.281 e. The van der Waals surface area contributed by atoms with Crippen molar-refractivity contribution in [3.8, 4) is 0 Å². The van der Waals surface area contributed by atoms with Gasteiger partial charge in [-0.2, -0.15) is 0 Å². The third-order valence-corrected chi connectivity index (χ3v) is 6.74. The first-order chi connectivity index (χ1) is 12.7. The van der Waals surface area contributed by atoms with E-state index in [1.165, 1.54) is 49.4 Å². The van der Waals surface area contributed by atoms with E-state index in [9.17, 15) is 9.59 Å². The van der Waals surface area contributed by atoms with Gasteiger partial charge in [-0.25, -0.2) is 0 Å². The molecule has 1 saturated carbocycles. The lowest BCUT2D eigenvalue weighted by molar-refractivity contribution is -0.118. The van der Waals surface area contributed by atoms with E-state index in [1.807, 2.05) is 18.2 Å². The minimum absolute atomic E-state index is 0.207. The zero-order valence-electron chi connectivity index (χ0n) is 15.7. The van der Waals surface area contributed by atoms with Crippen LogP contribution < -0.4 is 0 Å². The number of thioether (sulfide) groups is 1. The van der Waals surface area contributed by atoms with Gasteiger partial charge in [0.15, 0.2) is 0 Å². The number of ketones is 1. The fourth-order valence-corrected chi connectivity index (χ4v) is 5.34. The summed E-state index contributed by atoms with van der Waals surface area (Å²) in [6.07, 6.45) is 10.5. The summed E-state index contributed by atoms with van der Waals surface area (Å²) in [6.45, 7) is 0.915. The molecule has 1 heterocycles. The Balaban J connectivity index is 1.33. The van der Waals surface area contributed by atoms with Gasteiger partial charge < -0.3 is 4.90 Å². The number of likely N-dealkylation sites (tertiary alicyclic amines) is 1. The Morgan fingerprint density at radius 1 is 1.00 bits per heavy atom. The molecule has 0 aromatic heterocycles. The van der Waals surface area contributed by atoms with Gasteiger partial charge in [0.25, 0.3) is 5.24 Å². The van der Waals surface area contributed by atoms with Gasteiger partial charge in [0, 0.05) is 31.2 Å². The Morgan fingerprint density at radius 3 is 2.62 bits per heavy atom. The molecule has 1 aliphatic heterocycles. The van der Waals surface area contributed by atoms with Crippen molar-refractivity contribution in [3.05, 3.63) is 35.9 Å². The molecule has 2 atom stereocenters. The third kappa shape index (κ3) is 5.60. The lowest BCUT2D eigenvalue weighted by atomic mass is 9.78. The predicted molar refractivity (Wildman–Crippen MR) is 109 cm³/mol. The van der Waals surface area contributed by atoms with Crippen molar-refractivity contribution in [2.75, 3.05) is 12.3 Å². The highest BCUT2D eigenvalue weighted by molar-refractivity contribution is 8.13. The highest BCUT2D eigenvalue weighted by Crippen LogP contribution is 2.36. The van der Waals surface area contributed by atoms with Gasteiger partial charge in [-0.1, -0.05) is 54.9 Å². The smallest absolute Gasteiger partial charge is 0.281 e. The third-order valence-electron chi connectivity index (χ3n) is 5.85. The molecule has 1 amide bonds. The van der Waals surface area contributed by atoms with Crippen LogP contribution in [0.1, 0.15) is 63.4 Å². The van der Waals surface area contributed by atoms with Crippen molar-refractivity contribution in [3.63, 3.8) is 0 Å². The van der Waals surface area contributed by atoms with Crippen LogP contribution in [-0.2, 0) is 11.2 Å². The van der Waals surface area contributed by atoms with Crippen LogP contribution in [0.25, 0.3) is 0 Å². The number of carbonyl (C=O) groups is 2. The molecule has 3 rings (SSSR count). The summed E-state index contributed by atoms with van der Waals surface area (Å²) in [7, 11) is 0. The Kier molecular flexibility index (Phi) is 7.60. The second kappa shape index (κ2) is 10.1. The first-order valence-corrected chi connectivity index (χ1v) is 11.2. The van der Waals surface area contributed by atoms with Crippen LogP contribution in [0.2, 0.25) is 0 Å². The van der Waals surface area contributed by atoms with Crippen LogP contribution in [0.5, 0.6) is 0 Å². The second-order valence-electron chi connectivity index (χ2n) is 7.69. The summed E-state index contributed by atoms with van der Waals surface area (Å²) in [5.41, 5.74) is 1.29. The monoisotopic (exact) mass is 373 g/mol. The van der Waals surface area contributed by atoms with Crippen LogP contribution in [-0.4, -0.2) is 34.3 Å². The number of rotatable bonds is 7. The van der Waals surface area contributed by atoms with E-state index >= 15 is 0 Å². The number of Topliss-reactive ketones (excluding diaryl/α,β-unsaturated/α-hetero) is 1. The summed E-state index contributed by atoms with van der Waals surface area (Å²) >= 11 is 1.36. The summed E-state index contributed by atoms with van der Waals surface area (Å²) in [6, 6.07) is 10.8. The summed E-state index contributed by atoms with van der Waals surface area (Å²) in [4.78, 5) is 26.8. The average Bonchev–Trinajstić information content (AvgIpc) is 2.68. The zero-order chi connectivity index (χ0) is 18.2. The van der Waals surface area contributed by atoms with Crippen LogP contribution in [0, 0.1) is 5.92 Å². The molecule has 0 N–H and O–H groups in total. The molecule has 1 saturated heterocycles. The average molecular weight is 374 g/mol. The largest absolute Gasteiger partial charge is 0.330 e. The van der Waals surface area contributed by atoms with Crippen molar-refractivity contribution < 1.29 is 9.59 Å². The molecule has 1 aliphatic carbocycles. The molecule has 1 aromatic rings. The van der Waals surface area contributed by atoms with Gasteiger partial charge in [0.2, 0.25) is 0 Å². The number of amides is 1. The van der Waals surface area contributed by atoms with Gasteiger partial charge in [-0.05, 0) is 50.0 Å². The molecule has 3 nitrogen and oxygen atoms in total. The molecule has 0 spiro atoms. The van der Waals surface area contributed by atoms with E-state index < -0.39 is 0 Å². The van der Waals surface area contributed by atoms with Crippen molar-refractivity contribution in [2.24, 2.45) is 5.92 Å². The number of piperidine rings is 1. The SMILES string of the molecule is O=C(CCCc1ccccc1)CCSC(=O)N1CCCC2CCCCC21. The fraction of sp³-hybridized carbons (Fsp3) is 0.636. The summed E-state index contributed by atoms with van der Waals surface area (Å²) < 4.78 is 0. The number of carbonyl (C=O) groups excluding carboxylic acids is 2. The first kappa shape index (κ1) is 19.5. The number of fused-ring (bicyclic) bond motifs is 1. The highest BCUT2D eigenvalue weighted by Gasteiger charge is 2.35. The number of benzene rings is 1. The van der Waals surface area contributed by atoms with E-state index in [-0.39, 0.29) is 11.0 Å². The molecule has 2 unspecified atom stereocenters. The molecule has 2 aliphatic rings. The van der Waals surface area contributed by atoms with Crippen LogP contribution >= 0.6 is 11.8 Å². The topological polar surface area (TPSA) is 37.4 Å². The molecule has 2 fully saturated rings. The molecule has 1 aromatic carbocycles. The number of nitrogens with zero attached hydrogens (tertiary/aromatic N) is 1. The number of hydrogen-bond acceptors (Lipinski definition) is 3. The van der Waals surface area contributed by atoms with Crippen molar-refractivity contribution in [1.29, 1.82) is 0 Å². The maximum absolute atomic E-state index is 12.6. The van der Waals surface area contributed by atoms with E-state index in [4.69, 9.17) is 0 Å². The summed E-state index contributed by atoms with van der Waals surface area (Å²) in [5.74, 6) is 1.65. The zero-order valence-corrected chi connectivity index (χ0v) is 16.5. The minimum atomic E-state index is 0.207. The van der Waals surface area contributed by atoms with Gasteiger partial charge in [-0.3, -0.25) is 9.59 Å². The Morgan fingerprint density at radius 2 is 1.77 bits per heavy atom. The van der Waals surface area contributed by atoms with Gasteiger partial charge in [-0.15, -0.1) is 0 Å². The lowest BCUT2D eigenvalue weighted by Gasteiger charge is -2.43. The number of hydrogen-bond donors (Lipinski definition) is 0. The Hall–Kier alpha value is -1.29. The number of aryl methyl sites for hydroxylation is 1. The molecule has 4 heteroatoms. The maximum atomic E-state index is 12.6. The van der Waals surface area contributed by atoms with Crippen LogP contribution in [0.4, 0.5) is 4.79 Å². The molecule has 0 bridgehead atoms.